The van der Waals surface area contributed by atoms with Crippen LogP contribution in [0.5, 0.6) is 5.75 Å². The standard InChI is InChI=1S/C10H8F4N4O3S/c1-18(9-15-5-16-17-9)22(19,20)8-4-6(11)2-3-7(8)21-10(12,13)14/h2-5H,1H3,(H,15,16,17). The fourth-order valence-electron chi connectivity index (χ4n) is 1.50. The average Bonchev–Trinajstić information content (AvgIpc) is 2.92. The first-order valence-electron chi connectivity index (χ1n) is 5.51. The van der Waals surface area contributed by atoms with Gasteiger partial charge in [-0.1, -0.05) is 0 Å². The lowest BCUT2D eigenvalue weighted by Gasteiger charge is -2.19. The molecule has 120 valence electrons. The van der Waals surface area contributed by atoms with E-state index in [2.05, 4.69) is 19.9 Å². The third-order valence-electron chi connectivity index (χ3n) is 2.47. The smallest absolute Gasteiger partial charge is 0.404 e. The van der Waals surface area contributed by atoms with Crippen LogP contribution in [0.4, 0.5) is 23.5 Å². The van der Waals surface area contributed by atoms with Gasteiger partial charge in [-0.2, -0.15) is 10.1 Å². The maximum absolute atomic E-state index is 13.3. The largest absolute Gasteiger partial charge is 0.573 e. The molecule has 7 nitrogen and oxygen atoms in total. The number of aromatic nitrogens is 3. The number of hydrogen-bond donors (Lipinski definition) is 1. The van der Waals surface area contributed by atoms with E-state index >= 15 is 0 Å². The first-order chi connectivity index (χ1) is 10.1. The van der Waals surface area contributed by atoms with Gasteiger partial charge < -0.3 is 4.74 Å². The van der Waals surface area contributed by atoms with Crippen LogP contribution in [0.2, 0.25) is 0 Å². The minimum Gasteiger partial charge on any atom is -0.404 e. The van der Waals surface area contributed by atoms with Crippen LogP contribution in [-0.4, -0.2) is 37.0 Å². The number of aromatic amines is 1. The van der Waals surface area contributed by atoms with Crippen molar-refractivity contribution in [1.29, 1.82) is 0 Å². The number of nitrogens with one attached hydrogen (secondary N) is 1. The summed E-state index contributed by atoms with van der Waals surface area (Å²) in [6, 6.07) is 1.64. The monoisotopic (exact) mass is 340 g/mol. The van der Waals surface area contributed by atoms with Gasteiger partial charge in [0.25, 0.3) is 10.0 Å². The first kappa shape index (κ1) is 16.0. The molecule has 0 saturated heterocycles. The molecule has 0 atom stereocenters. The molecule has 12 heteroatoms. The Balaban J connectivity index is 2.52. The summed E-state index contributed by atoms with van der Waals surface area (Å²) in [5, 5.41) is 5.65. The van der Waals surface area contributed by atoms with E-state index in [1.807, 2.05) is 0 Å². The van der Waals surface area contributed by atoms with Gasteiger partial charge in [-0.15, -0.1) is 13.2 Å². The number of nitrogens with zero attached hydrogens (tertiary/aromatic N) is 3. The number of H-pyrrole nitrogens is 1. The lowest BCUT2D eigenvalue weighted by atomic mass is 10.3. The number of ether oxygens (including phenoxy) is 1. The molecule has 0 bridgehead atoms. The highest BCUT2D eigenvalue weighted by atomic mass is 32.2. The fraction of sp³-hybridized carbons (Fsp3) is 0.200. The van der Waals surface area contributed by atoms with Crippen molar-refractivity contribution in [1.82, 2.24) is 15.2 Å². The summed E-state index contributed by atoms with van der Waals surface area (Å²) in [5.74, 6) is -2.36. The van der Waals surface area contributed by atoms with Crippen LogP contribution in [0.3, 0.4) is 0 Å². The zero-order valence-electron chi connectivity index (χ0n) is 10.8. The SMILES string of the molecule is CN(c1ncn[nH]1)S(=O)(=O)c1cc(F)ccc1OC(F)(F)F. The molecular formula is C10H8F4N4O3S. The van der Waals surface area contributed by atoms with Crippen LogP contribution in [-0.2, 0) is 10.0 Å². The molecular weight excluding hydrogens is 332 g/mol. The van der Waals surface area contributed by atoms with Gasteiger partial charge in [0.05, 0.1) is 0 Å². The molecule has 22 heavy (non-hydrogen) atoms. The van der Waals surface area contributed by atoms with Crippen molar-refractivity contribution in [3.8, 4) is 5.75 Å². The summed E-state index contributed by atoms with van der Waals surface area (Å²) in [6.07, 6.45) is -4.13. The molecule has 0 unspecified atom stereocenters. The van der Waals surface area contributed by atoms with E-state index in [0.29, 0.717) is 22.5 Å². The highest BCUT2D eigenvalue weighted by Gasteiger charge is 2.35. The van der Waals surface area contributed by atoms with Gasteiger partial charge in [-0.3, -0.25) is 0 Å². The van der Waals surface area contributed by atoms with Crippen LogP contribution >= 0.6 is 0 Å². The van der Waals surface area contributed by atoms with Gasteiger partial charge in [0.15, 0.2) is 0 Å². The number of sulfonamides is 1. The third kappa shape index (κ3) is 3.27. The van der Waals surface area contributed by atoms with Crippen LogP contribution in [0.1, 0.15) is 0 Å². The van der Waals surface area contributed by atoms with E-state index in [0.717, 1.165) is 13.4 Å². The average molecular weight is 340 g/mol. The van der Waals surface area contributed by atoms with Crippen molar-refractivity contribution in [2.75, 3.05) is 11.4 Å². The summed E-state index contributed by atoms with van der Waals surface area (Å²) in [5.41, 5.74) is 0. The molecule has 0 aliphatic heterocycles. The first-order valence-corrected chi connectivity index (χ1v) is 6.95. The third-order valence-corrected chi connectivity index (χ3v) is 4.24. The molecule has 1 aromatic carbocycles. The zero-order valence-corrected chi connectivity index (χ0v) is 11.6. The van der Waals surface area contributed by atoms with Gasteiger partial charge in [0.1, 0.15) is 22.8 Å². The molecule has 0 fully saturated rings. The Hall–Kier alpha value is -2.37. The highest BCUT2D eigenvalue weighted by molar-refractivity contribution is 7.92. The molecule has 0 radical (unpaired) electrons. The summed E-state index contributed by atoms with van der Waals surface area (Å²) < 4.78 is 79.0. The molecule has 2 rings (SSSR count). The molecule has 0 aliphatic carbocycles. The Morgan fingerprint density at radius 1 is 1.32 bits per heavy atom. The summed E-state index contributed by atoms with van der Waals surface area (Å²) in [4.78, 5) is 2.56. The lowest BCUT2D eigenvalue weighted by molar-refractivity contribution is -0.275. The van der Waals surface area contributed by atoms with E-state index in [1.54, 1.807) is 0 Å². The second kappa shape index (κ2) is 5.44. The molecule has 0 saturated carbocycles. The molecule has 1 aromatic heterocycles. The Morgan fingerprint density at radius 3 is 2.55 bits per heavy atom. The highest BCUT2D eigenvalue weighted by Crippen LogP contribution is 2.32. The molecule has 1 N–H and O–H groups in total. The lowest BCUT2D eigenvalue weighted by Crippen LogP contribution is -2.29. The molecule has 0 aliphatic rings. The Kier molecular flexibility index (Phi) is 3.96. The Bertz CT molecular complexity index is 761. The Labute approximate surface area is 121 Å². The predicted octanol–water partition coefficient (Wildman–Crippen LogP) is 1.67. The molecule has 0 spiro atoms. The topological polar surface area (TPSA) is 88.2 Å². The quantitative estimate of drug-likeness (QED) is 0.856. The molecule has 2 aromatic rings. The van der Waals surface area contributed by atoms with Crippen molar-refractivity contribution < 1.29 is 30.7 Å². The minimum atomic E-state index is -5.13. The summed E-state index contributed by atoms with van der Waals surface area (Å²) >= 11 is 0. The van der Waals surface area contributed by atoms with Crippen molar-refractivity contribution >= 4 is 16.0 Å². The summed E-state index contributed by atoms with van der Waals surface area (Å²) in [6.45, 7) is 0. The fourth-order valence-corrected chi connectivity index (χ4v) is 2.74. The number of rotatable bonds is 4. The van der Waals surface area contributed by atoms with Crippen molar-refractivity contribution in [3.05, 3.63) is 30.3 Å². The zero-order chi connectivity index (χ0) is 16.5. The van der Waals surface area contributed by atoms with Crippen molar-refractivity contribution in [3.63, 3.8) is 0 Å². The predicted molar refractivity (Wildman–Crippen MR) is 65.1 cm³/mol. The van der Waals surface area contributed by atoms with Crippen LogP contribution < -0.4 is 9.04 Å². The molecule has 1 heterocycles. The van der Waals surface area contributed by atoms with Gasteiger partial charge in [-0.25, -0.2) is 22.2 Å². The van der Waals surface area contributed by atoms with Gasteiger partial charge in [0, 0.05) is 7.05 Å². The van der Waals surface area contributed by atoms with Crippen LogP contribution in [0.15, 0.2) is 29.4 Å². The van der Waals surface area contributed by atoms with Gasteiger partial charge >= 0.3 is 6.36 Å². The van der Waals surface area contributed by atoms with E-state index in [4.69, 9.17) is 0 Å². The van der Waals surface area contributed by atoms with E-state index < -0.39 is 32.8 Å². The van der Waals surface area contributed by atoms with Crippen molar-refractivity contribution in [2.24, 2.45) is 0 Å². The second-order valence-electron chi connectivity index (χ2n) is 3.92. The van der Waals surface area contributed by atoms with E-state index in [1.165, 1.54) is 0 Å². The normalized spacial score (nSPS) is 12.2. The second-order valence-corrected chi connectivity index (χ2v) is 5.86. The minimum absolute atomic E-state index is 0.262. The van der Waals surface area contributed by atoms with Crippen LogP contribution in [0.25, 0.3) is 0 Å². The number of alkyl halides is 3. The maximum Gasteiger partial charge on any atom is 0.573 e. The van der Waals surface area contributed by atoms with Crippen LogP contribution in [0, 0.1) is 5.82 Å². The Morgan fingerprint density at radius 2 is 2.00 bits per heavy atom. The van der Waals surface area contributed by atoms with E-state index in [-0.39, 0.29) is 5.95 Å². The number of anilines is 1. The van der Waals surface area contributed by atoms with Crippen molar-refractivity contribution in [2.45, 2.75) is 11.3 Å². The maximum atomic E-state index is 13.3. The van der Waals surface area contributed by atoms with Gasteiger partial charge in [0.2, 0.25) is 5.95 Å². The number of hydrogen-bond acceptors (Lipinski definition) is 5. The number of benzene rings is 1. The summed E-state index contributed by atoms with van der Waals surface area (Å²) in [7, 11) is -3.54. The van der Waals surface area contributed by atoms with Gasteiger partial charge in [-0.05, 0) is 18.2 Å². The number of halogens is 4. The molecule has 0 amide bonds. The van der Waals surface area contributed by atoms with E-state index in [9.17, 15) is 26.0 Å².